The zero-order chi connectivity index (χ0) is 20.4. The van der Waals surface area contributed by atoms with Gasteiger partial charge in [-0.25, -0.2) is 13.2 Å². The predicted octanol–water partition coefficient (Wildman–Crippen LogP) is 1.85. The van der Waals surface area contributed by atoms with E-state index >= 15 is 0 Å². The number of nitrogens with zero attached hydrogens (tertiary/aromatic N) is 2. The number of aliphatic imine (C=N–C) groups is 1. The molecule has 0 radical (unpaired) electrons. The van der Waals surface area contributed by atoms with E-state index in [0.29, 0.717) is 31.3 Å². The highest BCUT2D eigenvalue weighted by Crippen LogP contribution is 2.12. The molecule has 3 N–H and O–H groups in total. The number of halogens is 3. The maximum Gasteiger partial charge on any atom is 0.251 e. The number of aliphatic hydroxyl groups excluding tert-OH is 1. The minimum atomic E-state index is -2.30. The van der Waals surface area contributed by atoms with Gasteiger partial charge in [-0.15, -0.1) is 0 Å². The maximum atomic E-state index is 12.9. The molecule has 0 spiro atoms. The first-order chi connectivity index (χ1) is 13.5. The second-order valence-electron chi connectivity index (χ2n) is 6.75. The standard InChI is InChI=1S/C19H29F3N4O2/c1-2-23-19(25-15-7-9-26(10-8-15)12-18(21)22)24-11-16(27)13-28-17-5-3-14(20)4-6-17/h3-6,15-16,18,27H,2,7-13H2,1H3,(H2,23,24,25). The molecule has 2 rings (SSSR count). The van der Waals surface area contributed by atoms with Crippen LogP contribution in [0.15, 0.2) is 29.3 Å². The largest absolute Gasteiger partial charge is 0.491 e. The van der Waals surface area contributed by atoms with Crippen molar-refractivity contribution in [3.63, 3.8) is 0 Å². The van der Waals surface area contributed by atoms with Crippen LogP contribution in [-0.2, 0) is 0 Å². The van der Waals surface area contributed by atoms with Crippen LogP contribution in [0.5, 0.6) is 5.75 Å². The molecule has 0 bridgehead atoms. The first-order valence-electron chi connectivity index (χ1n) is 9.58. The van der Waals surface area contributed by atoms with Crippen molar-refractivity contribution in [3.05, 3.63) is 30.1 Å². The summed E-state index contributed by atoms with van der Waals surface area (Å²) >= 11 is 0. The Bertz CT molecular complexity index is 593. The molecule has 0 aromatic heterocycles. The van der Waals surface area contributed by atoms with E-state index in [1.54, 1.807) is 4.90 Å². The normalized spacial score (nSPS) is 17.6. The number of benzene rings is 1. The van der Waals surface area contributed by atoms with Crippen molar-refractivity contribution in [1.82, 2.24) is 15.5 Å². The minimum absolute atomic E-state index is 0.0422. The van der Waals surface area contributed by atoms with Gasteiger partial charge >= 0.3 is 0 Å². The Morgan fingerprint density at radius 2 is 1.96 bits per heavy atom. The van der Waals surface area contributed by atoms with E-state index in [-0.39, 0.29) is 31.6 Å². The van der Waals surface area contributed by atoms with Crippen molar-refractivity contribution in [1.29, 1.82) is 0 Å². The molecule has 1 aromatic rings. The first kappa shape index (κ1) is 22.3. The van der Waals surface area contributed by atoms with Crippen molar-refractivity contribution in [2.24, 2.45) is 4.99 Å². The quantitative estimate of drug-likeness (QED) is 0.435. The van der Waals surface area contributed by atoms with Crippen LogP contribution >= 0.6 is 0 Å². The lowest BCUT2D eigenvalue weighted by Gasteiger charge is -2.32. The van der Waals surface area contributed by atoms with E-state index in [1.807, 2.05) is 6.92 Å². The number of ether oxygens (including phenoxy) is 1. The molecular weight excluding hydrogens is 373 g/mol. The van der Waals surface area contributed by atoms with Gasteiger partial charge in [0, 0.05) is 25.7 Å². The Labute approximate surface area is 163 Å². The molecule has 9 heteroatoms. The third-order valence-electron chi connectivity index (χ3n) is 4.39. The summed E-state index contributed by atoms with van der Waals surface area (Å²) in [5.74, 6) is 0.708. The minimum Gasteiger partial charge on any atom is -0.491 e. The second-order valence-corrected chi connectivity index (χ2v) is 6.75. The van der Waals surface area contributed by atoms with Crippen LogP contribution in [0.3, 0.4) is 0 Å². The van der Waals surface area contributed by atoms with Crippen LogP contribution in [0.1, 0.15) is 19.8 Å². The van der Waals surface area contributed by atoms with Crippen LogP contribution in [0.2, 0.25) is 0 Å². The van der Waals surface area contributed by atoms with Gasteiger partial charge in [0.2, 0.25) is 0 Å². The number of hydrogen-bond donors (Lipinski definition) is 3. The molecule has 1 fully saturated rings. The number of likely N-dealkylation sites (tertiary alicyclic amines) is 1. The van der Waals surface area contributed by atoms with Crippen molar-refractivity contribution in [2.75, 3.05) is 39.3 Å². The van der Waals surface area contributed by atoms with E-state index in [1.165, 1.54) is 24.3 Å². The summed E-state index contributed by atoms with van der Waals surface area (Å²) in [6.45, 7) is 3.85. The van der Waals surface area contributed by atoms with Gasteiger partial charge in [-0.1, -0.05) is 0 Å². The molecular formula is C19H29F3N4O2. The van der Waals surface area contributed by atoms with Gasteiger partial charge < -0.3 is 20.5 Å². The topological polar surface area (TPSA) is 69.1 Å². The first-order valence-corrected chi connectivity index (χ1v) is 9.58. The van der Waals surface area contributed by atoms with Gasteiger partial charge in [0.25, 0.3) is 6.43 Å². The molecule has 158 valence electrons. The molecule has 1 atom stereocenters. The summed E-state index contributed by atoms with van der Waals surface area (Å²) in [7, 11) is 0. The van der Waals surface area contributed by atoms with Gasteiger partial charge in [0.1, 0.15) is 24.3 Å². The van der Waals surface area contributed by atoms with Crippen molar-refractivity contribution >= 4 is 5.96 Å². The van der Waals surface area contributed by atoms with E-state index < -0.39 is 12.5 Å². The molecule has 0 amide bonds. The highest BCUT2D eigenvalue weighted by molar-refractivity contribution is 5.80. The Morgan fingerprint density at radius 1 is 1.29 bits per heavy atom. The van der Waals surface area contributed by atoms with Gasteiger partial charge in [0.15, 0.2) is 5.96 Å². The summed E-state index contributed by atoms with van der Waals surface area (Å²) in [5.41, 5.74) is 0. The van der Waals surface area contributed by atoms with Gasteiger partial charge in [-0.3, -0.25) is 9.89 Å². The molecule has 6 nitrogen and oxygen atoms in total. The smallest absolute Gasteiger partial charge is 0.251 e. The zero-order valence-corrected chi connectivity index (χ0v) is 16.1. The zero-order valence-electron chi connectivity index (χ0n) is 16.1. The average Bonchev–Trinajstić information content (AvgIpc) is 2.67. The van der Waals surface area contributed by atoms with Gasteiger partial charge in [-0.2, -0.15) is 0 Å². The van der Waals surface area contributed by atoms with Gasteiger partial charge in [0.05, 0.1) is 13.1 Å². The molecule has 28 heavy (non-hydrogen) atoms. The molecule has 0 aliphatic carbocycles. The molecule has 1 heterocycles. The van der Waals surface area contributed by atoms with Crippen LogP contribution in [0, 0.1) is 5.82 Å². The molecule has 1 aromatic carbocycles. The van der Waals surface area contributed by atoms with E-state index in [4.69, 9.17) is 4.74 Å². The van der Waals surface area contributed by atoms with Crippen molar-refractivity contribution in [2.45, 2.75) is 38.3 Å². The second kappa shape index (κ2) is 11.8. The number of aliphatic hydroxyl groups is 1. The third kappa shape index (κ3) is 8.35. The monoisotopic (exact) mass is 402 g/mol. The highest BCUT2D eigenvalue weighted by Gasteiger charge is 2.22. The summed E-state index contributed by atoms with van der Waals surface area (Å²) in [5, 5.41) is 16.5. The SMILES string of the molecule is CCNC(=NCC(O)COc1ccc(F)cc1)NC1CCN(CC(F)F)CC1. The Balaban J connectivity index is 1.75. The number of alkyl halides is 2. The Hall–Kier alpha value is -2.00. The fourth-order valence-corrected chi connectivity index (χ4v) is 2.94. The third-order valence-corrected chi connectivity index (χ3v) is 4.39. The lowest BCUT2D eigenvalue weighted by atomic mass is 10.1. The van der Waals surface area contributed by atoms with E-state index in [0.717, 1.165) is 12.8 Å². The van der Waals surface area contributed by atoms with E-state index in [2.05, 4.69) is 15.6 Å². The highest BCUT2D eigenvalue weighted by atomic mass is 19.3. The fraction of sp³-hybridized carbons (Fsp3) is 0.632. The Kier molecular flexibility index (Phi) is 9.36. The predicted molar refractivity (Wildman–Crippen MR) is 102 cm³/mol. The summed E-state index contributed by atoms with van der Waals surface area (Å²) in [4.78, 5) is 6.14. The molecule has 1 saturated heterocycles. The molecule has 1 unspecified atom stereocenters. The number of hydrogen-bond acceptors (Lipinski definition) is 4. The van der Waals surface area contributed by atoms with Crippen LogP contribution in [-0.4, -0.2) is 73.9 Å². The summed E-state index contributed by atoms with van der Waals surface area (Å²) in [6.07, 6.45) is -1.60. The van der Waals surface area contributed by atoms with Crippen molar-refractivity contribution in [3.8, 4) is 5.75 Å². The molecule has 0 saturated carbocycles. The lowest BCUT2D eigenvalue weighted by molar-refractivity contribution is 0.0744. The van der Waals surface area contributed by atoms with Crippen LogP contribution in [0.4, 0.5) is 13.2 Å². The fourth-order valence-electron chi connectivity index (χ4n) is 2.94. The number of nitrogens with one attached hydrogen (secondary N) is 2. The summed E-state index contributed by atoms with van der Waals surface area (Å²) in [6, 6.07) is 5.73. The van der Waals surface area contributed by atoms with Gasteiger partial charge in [-0.05, 0) is 44.0 Å². The van der Waals surface area contributed by atoms with Crippen molar-refractivity contribution < 1.29 is 23.0 Å². The number of piperidine rings is 1. The van der Waals surface area contributed by atoms with Crippen LogP contribution in [0.25, 0.3) is 0 Å². The summed E-state index contributed by atoms with van der Waals surface area (Å²) < 4.78 is 43.2. The number of rotatable bonds is 9. The Morgan fingerprint density at radius 3 is 2.57 bits per heavy atom. The number of guanidine groups is 1. The molecule has 1 aliphatic rings. The maximum absolute atomic E-state index is 12.9. The van der Waals surface area contributed by atoms with Crippen LogP contribution < -0.4 is 15.4 Å². The lowest BCUT2D eigenvalue weighted by Crippen LogP contribution is -2.49. The molecule has 1 aliphatic heterocycles. The average molecular weight is 402 g/mol. The van der Waals surface area contributed by atoms with E-state index in [9.17, 15) is 18.3 Å².